The summed E-state index contributed by atoms with van der Waals surface area (Å²) >= 11 is 0. The van der Waals surface area contributed by atoms with Gasteiger partial charge < -0.3 is 15.5 Å². The molecule has 9 nitrogen and oxygen atoms in total. The average molecular weight is 236 g/mol. The van der Waals surface area contributed by atoms with Crippen molar-refractivity contribution in [1.82, 2.24) is 19.9 Å². The van der Waals surface area contributed by atoms with E-state index in [0.717, 1.165) is 0 Å². The van der Waals surface area contributed by atoms with Gasteiger partial charge in [-0.2, -0.15) is 9.97 Å². The Bertz CT molecular complexity index is 592. The molecule has 0 saturated carbocycles. The Kier molecular flexibility index (Phi) is 2.57. The molecule has 2 rings (SSSR count). The van der Waals surface area contributed by atoms with Crippen LogP contribution in [0, 0.1) is 0 Å². The lowest BCUT2D eigenvalue weighted by molar-refractivity contribution is -0.114. The van der Waals surface area contributed by atoms with E-state index >= 15 is 0 Å². The molecular weight excluding hydrogens is 228 g/mol. The number of nitrogens with zero attached hydrogens (tertiary/aromatic N) is 3. The molecule has 0 unspecified atom stereocenters. The van der Waals surface area contributed by atoms with Gasteiger partial charge in [-0.3, -0.25) is 10.1 Å². The van der Waals surface area contributed by atoms with Crippen LogP contribution >= 0.6 is 0 Å². The monoisotopic (exact) mass is 236 g/mol. The van der Waals surface area contributed by atoms with E-state index < -0.39 is 6.09 Å². The van der Waals surface area contributed by atoms with Gasteiger partial charge in [0.15, 0.2) is 5.65 Å². The smallest absolute Gasteiger partial charge is 0.389 e. The number of ether oxygens (including phenoxy) is 1. The Morgan fingerprint density at radius 3 is 2.88 bits per heavy atom. The van der Waals surface area contributed by atoms with Crippen LogP contribution in [-0.2, 0) is 4.79 Å². The second-order valence-corrected chi connectivity index (χ2v) is 3.06. The minimum absolute atomic E-state index is 0.0200. The Labute approximate surface area is 94.4 Å². The molecule has 4 N–H and O–H groups in total. The molecule has 17 heavy (non-hydrogen) atoms. The van der Waals surface area contributed by atoms with Crippen LogP contribution in [0.15, 0.2) is 6.33 Å². The van der Waals surface area contributed by atoms with Gasteiger partial charge in [-0.1, -0.05) is 0 Å². The van der Waals surface area contributed by atoms with E-state index in [1.54, 1.807) is 0 Å². The normalized spacial score (nSPS) is 10.2. The second kappa shape index (κ2) is 4.04. The summed E-state index contributed by atoms with van der Waals surface area (Å²) in [5.41, 5.74) is 5.46. The number of nitrogens with two attached hydrogens (primary N) is 1. The zero-order valence-corrected chi connectivity index (χ0v) is 8.72. The SMILES string of the molecule is CC(=O)Nc1nc(OC(N)=O)c2[nH]cnc2n1. The minimum atomic E-state index is -1.02. The highest BCUT2D eigenvalue weighted by Crippen LogP contribution is 2.20. The number of anilines is 1. The molecule has 0 bridgehead atoms. The van der Waals surface area contributed by atoms with E-state index in [4.69, 9.17) is 5.73 Å². The van der Waals surface area contributed by atoms with Crippen molar-refractivity contribution < 1.29 is 14.3 Å². The Hall–Kier alpha value is -2.71. The number of primary amides is 1. The number of amides is 2. The van der Waals surface area contributed by atoms with Crippen molar-refractivity contribution in [2.45, 2.75) is 6.92 Å². The maximum Gasteiger partial charge on any atom is 0.411 e. The highest BCUT2D eigenvalue weighted by molar-refractivity contribution is 5.88. The minimum Gasteiger partial charge on any atom is -0.389 e. The van der Waals surface area contributed by atoms with Crippen LogP contribution in [0.25, 0.3) is 11.2 Å². The molecule has 88 valence electrons. The standard InChI is InChI=1S/C8H8N6O3/c1-3(15)12-8-13-5-4(10-2-11-5)6(14-8)17-7(9)16/h2H,1H3,(H2,9,16)(H2,10,11,12,13,14,15). The summed E-state index contributed by atoms with van der Waals surface area (Å²) in [5.74, 6) is -0.470. The van der Waals surface area contributed by atoms with Gasteiger partial charge in [-0.05, 0) is 0 Å². The van der Waals surface area contributed by atoms with Gasteiger partial charge in [0.1, 0.15) is 5.52 Å². The molecular formula is C8H8N6O3. The fourth-order valence-corrected chi connectivity index (χ4v) is 1.19. The molecule has 0 spiro atoms. The summed E-state index contributed by atoms with van der Waals surface area (Å²) in [5, 5.41) is 2.35. The Morgan fingerprint density at radius 2 is 2.24 bits per heavy atom. The molecule has 0 aliphatic heterocycles. The number of nitrogens with one attached hydrogen (secondary N) is 2. The third kappa shape index (κ3) is 2.27. The van der Waals surface area contributed by atoms with Gasteiger partial charge >= 0.3 is 6.09 Å². The molecule has 0 saturated heterocycles. The molecule has 0 radical (unpaired) electrons. The summed E-state index contributed by atoms with van der Waals surface area (Å²) < 4.78 is 4.67. The van der Waals surface area contributed by atoms with Crippen molar-refractivity contribution in [2.24, 2.45) is 5.73 Å². The lowest BCUT2D eigenvalue weighted by Crippen LogP contribution is -2.18. The number of aromatic amines is 1. The van der Waals surface area contributed by atoms with Crippen molar-refractivity contribution in [3.8, 4) is 5.88 Å². The number of H-pyrrole nitrogens is 1. The number of carbonyl (C=O) groups is 2. The summed E-state index contributed by atoms with van der Waals surface area (Å²) in [6.07, 6.45) is 0.332. The highest BCUT2D eigenvalue weighted by Gasteiger charge is 2.13. The fourth-order valence-electron chi connectivity index (χ4n) is 1.19. The first kappa shape index (κ1) is 10.8. The average Bonchev–Trinajstić information content (AvgIpc) is 2.63. The van der Waals surface area contributed by atoms with E-state index in [1.807, 2.05) is 0 Å². The van der Waals surface area contributed by atoms with E-state index in [0.29, 0.717) is 5.52 Å². The molecule has 2 amide bonds. The second-order valence-electron chi connectivity index (χ2n) is 3.06. The first-order valence-electron chi connectivity index (χ1n) is 4.52. The lowest BCUT2D eigenvalue weighted by Gasteiger charge is -2.04. The molecule has 0 aliphatic rings. The van der Waals surface area contributed by atoms with Gasteiger partial charge in [0.05, 0.1) is 6.33 Å². The molecule has 2 aromatic rings. The first-order valence-corrected chi connectivity index (χ1v) is 4.52. The topological polar surface area (TPSA) is 136 Å². The molecule has 0 aliphatic carbocycles. The Morgan fingerprint density at radius 1 is 1.47 bits per heavy atom. The summed E-state index contributed by atoms with van der Waals surface area (Å²) in [7, 11) is 0. The van der Waals surface area contributed by atoms with Crippen LogP contribution in [0.5, 0.6) is 5.88 Å². The number of hydrogen-bond acceptors (Lipinski definition) is 6. The number of carbonyl (C=O) groups excluding carboxylic acids is 2. The number of imidazole rings is 1. The zero-order chi connectivity index (χ0) is 12.4. The highest BCUT2D eigenvalue weighted by atomic mass is 16.6. The van der Waals surface area contributed by atoms with Gasteiger partial charge in [0.25, 0.3) is 5.88 Å². The van der Waals surface area contributed by atoms with Crippen molar-refractivity contribution in [3.05, 3.63) is 6.33 Å². The lowest BCUT2D eigenvalue weighted by atomic mass is 10.5. The quantitative estimate of drug-likeness (QED) is 0.658. The Balaban J connectivity index is 2.50. The third-order valence-electron chi connectivity index (χ3n) is 1.74. The van der Waals surface area contributed by atoms with Crippen LogP contribution in [0.2, 0.25) is 0 Å². The predicted molar refractivity (Wildman–Crippen MR) is 56.2 cm³/mol. The third-order valence-corrected chi connectivity index (χ3v) is 1.74. The van der Waals surface area contributed by atoms with Gasteiger partial charge in [-0.25, -0.2) is 9.78 Å². The number of rotatable bonds is 2. The van der Waals surface area contributed by atoms with Crippen LogP contribution in [0.3, 0.4) is 0 Å². The van der Waals surface area contributed by atoms with Crippen molar-refractivity contribution >= 4 is 29.1 Å². The van der Waals surface area contributed by atoms with Gasteiger partial charge in [-0.15, -0.1) is 0 Å². The fraction of sp³-hybridized carbons (Fsp3) is 0.125. The predicted octanol–water partition coefficient (Wildman–Crippen LogP) is -0.231. The summed E-state index contributed by atoms with van der Waals surface area (Å²) in [6, 6.07) is 0. The summed E-state index contributed by atoms with van der Waals surface area (Å²) in [4.78, 5) is 35.9. The molecule has 2 heterocycles. The zero-order valence-electron chi connectivity index (χ0n) is 8.72. The molecule has 0 atom stereocenters. The van der Waals surface area contributed by atoms with E-state index in [-0.39, 0.29) is 23.4 Å². The van der Waals surface area contributed by atoms with Crippen molar-refractivity contribution in [2.75, 3.05) is 5.32 Å². The number of hydrogen-bond donors (Lipinski definition) is 3. The maximum atomic E-state index is 10.9. The summed E-state index contributed by atoms with van der Waals surface area (Å²) in [6.45, 7) is 1.30. The van der Waals surface area contributed by atoms with Crippen molar-refractivity contribution in [1.29, 1.82) is 0 Å². The van der Waals surface area contributed by atoms with Crippen LogP contribution in [0.1, 0.15) is 6.92 Å². The van der Waals surface area contributed by atoms with Crippen LogP contribution in [-0.4, -0.2) is 31.9 Å². The molecule has 9 heteroatoms. The van der Waals surface area contributed by atoms with E-state index in [9.17, 15) is 9.59 Å². The molecule has 0 fully saturated rings. The van der Waals surface area contributed by atoms with Crippen LogP contribution < -0.4 is 15.8 Å². The van der Waals surface area contributed by atoms with Gasteiger partial charge in [0, 0.05) is 6.92 Å². The van der Waals surface area contributed by atoms with E-state index in [2.05, 4.69) is 30.0 Å². The molecule has 2 aromatic heterocycles. The molecule has 0 aromatic carbocycles. The number of fused-ring (bicyclic) bond motifs is 1. The van der Waals surface area contributed by atoms with E-state index in [1.165, 1.54) is 13.3 Å². The first-order chi connectivity index (χ1) is 8.06. The number of aromatic nitrogens is 4. The van der Waals surface area contributed by atoms with Gasteiger partial charge in [0.2, 0.25) is 11.9 Å². The largest absolute Gasteiger partial charge is 0.411 e. The van der Waals surface area contributed by atoms with Crippen LogP contribution in [0.4, 0.5) is 10.7 Å². The van der Waals surface area contributed by atoms with Crippen molar-refractivity contribution in [3.63, 3.8) is 0 Å². The maximum absolute atomic E-state index is 10.9.